The number of aliphatic hydroxyl groups excluding tert-OH is 15. The number of hydrogen-bond donors (Lipinski definition) is 15. The van der Waals surface area contributed by atoms with Gasteiger partial charge in [0.15, 0.2) is 25.2 Å². The van der Waals surface area contributed by atoms with E-state index < -0.39 is 195 Å². The normalized spacial score (nSPS) is 53.0. The van der Waals surface area contributed by atoms with Crippen LogP contribution in [0.15, 0.2) is 11.6 Å². The zero-order valence-electron chi connectivity index (χ0n) is 45.0. The fourth-order valence-corrected chi connectivity index (χ4v) is 16.2. The lowest BCUT2D eigenvalue weighted by atomic mass is 9.34. The van der Waals surface area contributed by atoms with Crippen LogP contribution < -0.4 is 0 Å². The van der Waals surface area contributed by atoms with Crippen LogP contribution in [0.3, 0.4) is 0 Å². The largest absolute Gasteiger partial charge is 0.394 e. The van der Waals surface area contributed by atoms with Gasteiger partial charge in [0.25, 0.3) is 0 Å². The highest BCUT2D eigenvalue weighted by atomic mass is 16.8. The third-order valence-electron chi connectivity index (χ3n) is 20.4. The molecular formula is C53H90O23. The number of rotatable bonds is 16. The number of fused-ring (bicyclic) bond motifs is 5. The Kier molecular flexibility index (Phi) is 18.3. The molecule has 4 aliphatic carbocycles. The van der Waals surface area contributed by atoms with E-state index >= 15 is 0 Å². The van der Waals surface area contributed by atoms with Gasteiger partial charge in [0.2, 0.25) is 0 Å². The zero-order chi connectivity index (χ0) is 55.9. The molecule has 0 aromatic heterocycles. The summed E-state index contributed by atoms with van der Waals surface area (Å²) in [6.07, 6.45) is -26.0. The van der Waals surface area contributed by atoms with Crippen molar-refractivity contribution in [1.29, 1.82) is 0 Å². The highest BCUT2D eigenvalue weighted by Crippen LogP contribution is 2.76. The van der Waals surface area contributed by atoms with Gasteiger partial charge >= 0.3 is 0 Å². The molecular weight excluding hydrogens is 1000 g/mol. The van der Waals surface area contributed by atoms with Gasteiger partial charge in [-0.1, -0.05) is 46.3 Å². The van der Waals surface area contributed by atoms with Crippen LogP contribution in [0.25, 0.3) is 0 Å². The van der Waals surface area contributed by atoms with Crippen molar-refractivity contribution in [2.24, 2.45) is 45.3 Å². The van der Waals surface area contributed by atoms with E-state index in [0.717, 1.165) is 5.57 Å². The van der Waals surface area contributed by atoms with Gasteiger partial charge in [0, 0.05) is 0 Å². The second kappa shape index (κ2) is 22.9. The minimum atomic E-state index is -1.85. The van der Waals surface area contributed by atoms with Gasteiger partial charge in [0.1, 0.15) is 91.6 Å². The van der Waals surface area contributed by atoms with Crippen LogP contribution >= 0.6 is 0 Å². The quantitative estimate of drug-likeness (QED) is 0.0557. The van der Waals surface area contributed by atoms with Crippen molar-refractivity contribution in [1.82, 2.24) is 0 Å². The molecule has 76 heavy (non-hydrogen) atoms. The molecule has 0 spiro atoms. The van der Waals surface area contributed by atoms with E-state index in [1.165, 1.54) is 0 Å². The molecule has 0 radical (unpaired) electrons. The average Bonchev–Trinajstić information content (AvgIpc) is 3.90. The summed E-state index contributed by atoms with van der Waals surface area (Å²) in [5, 5.41) is 164. The lowest BCUT2D eigenvalue weighted by Gasteiger charge is -2.71. The Balaban J connectivity index is 1.03. The minimum absolute atomic E-state index is 0.123. The number of allylic oxidation sites excluding steroid dienone is 2. The van der Waals surface area contributed by atoms with Gasteiger partial charge in [-0.3, -0.25) is 0 Å². The maximum Gasteiger partial charge on any atom is 0.187 e. The second-order valence-electron chi connectivity index (χ2n) is 25.4. The summed E-state index contributed by atoms with van der Waals surface area (Å²) < 4.78 is 48.6. The van der Waals surface area contributed by atoms with E-state index in [2.05, 4.69) is 26.8 Å². The summed E-state index contributed by atoms with van der Waals surface area (Å²) in [6.45, 7) is 14.0. The average molecular weight is 1100 g/mol. The molecule has 440 valence electrons. The van der Waals surface area contributed by atoms with Crippen molar-refractivity contribution in [2.45, 2.75) is 247 Å². The van der Waals surface area contributed by atoms with Crippen LogP contribution in [0.2, 0.25) is 0 Å². The fourth-order valence-electron chi connectivity index (χ4n) is 16.2. The maximum atomic E-state index is 12.8. The SMILES string of the molecule is CC(C)=CCC[C@](C)(O[C@@H]1O[C@H](CO[C@@H]2O[C@@H](CO)[C@H](O)[C@H]2O)[C@@H](O)[C@H](O)[C@H]1O)[C@H]1CC[C@]2(C)[C@@H]1[C@H](O)C[C@@H]1[C@@]3(C)CC[C@H](O[C@@H]4O[C@H](CO)[C@@H](O)[C@H](O)[C@H]4O[C@@H]4O[C@H](CO)[C@@H](O)[C@H](O)[C@H]4O)C(C)(C)C3[C@@H](O)C[C@]12C. The summed E-state index contributed by atoms with van der Waals surface area (Å²) in [4.78, 5) is 0. The molecule has 15 N–H and O–H groups in total. The van der Waals surface area contributed by atoms with E-state index in [0.29, 0.717) is 51.4 Å². The van der Waals surface area contributed by atoms with Crippen LogP contribution in [0.4, 0.5) is 0 Å². The van der Waals surface area contributed by atoms with Crippen molar-refractivity contribution in [3.05, 3.63) is 11.6 Å². The van der Waals surface area contributed by atoms with Crippen LogP contribution in [0.5, 0.6) is 0 Å². The number of ether oxygens (including phenoxy) is 8. The van der Waals surface area contributed by atoms with Gasteiger partial charge in [-0.15, -0.1) is 0 Å². The first-order valence-electron chi connectivity index (χ1n) is 27.4. The molecule has 0 aromatic carbocycles. The van der Waals surface area contributed by atoms with Gasteiger partial charge < -0.3 is 114 Å². The minimum Gasteiger partial charge on any atom is -0.394 e. The number of hydrogen-bond acceptors (Lipinski definition) is 23. The van der Waals surface area contributed by atoms with Crippen LogP contribution in [0.1, 0.15) is 107 Å². The van der Waals surface area contributed by atoms with E-state index in [-0.39, 0.29) is 17.8 Å². The Labute approximate surface area is 444 Å². The molecule has 0 amide bonds. The van der Waals surface area contributed by atoms with Crippen LogP contribution in [-0.2, 0) is 37.9 Å². The first kappa shape index (κ1) is 60.9. The summed E-state index contributed by atoms with van der Waals surface area (Å²) in [7, 11) is 0. The monoisotopic (exact) mass is 1090 g/mol. The summed E-state index contributed by atoms with van der Waals surface area (Å²) in [6, 6.07) is 0. The smallest absolute Gasteiger partial charge is 0.187 e. The molecule has 0 bridgehead atoms. The molecule has 8 fully saturated rings. The van der Waals surface area contributed by atoms with Crippen molar-refractivity contribution in [3.63, 3.8) is 0 Å². The molecule has 8 aliphatic rings. The molecule has 30 atom stereocenters. The first-order chi connectivity index (χ1) is 35.5. The highest BCUT2D eigenvalue weighted by molar-refractivity contribution is 5.22. The Hall–Kier alpha value is -1.18. The van der Waals surface area contributed by atoms with E-state index in [9.17, 15) is 76.6 Å². The first-order valence-corrected chi connectivity index (χ1v) is 27.4. The lowest BCUT2D eigenvalue weighted by Crippen LogP contribution is -2.70. The summed E-state index contributed by atoms with van der Waals surface area (Å²) in [5.41, 5.74) is -2.59. The van der Waals surface area contributed by atoms with E-state index in [1.807, 2.05) is 34.6 Å². The molecule has 0 aromatic rings. The van der Waals surface area contributed by atoms with Gasteiger partial charge in [0.05, 0.1) is 50.3 Å². The third kappa shape index (κ3) is 10.4. The van der Waals surface area contributed by atoms with Crippen molar-refractivity contribution < 1.29 is 114 Å². The van der Waals surface area contributed by atoms with Gasteiger partial charge in [-0.25, -0.2) is 0 Å². The Morgan fingerprint density at radius 2 is 1.11 bits per heavy atom. The summed E-state index contributed by atoms with van der Waals surface area (Å²) >= 11 is 0. The topological polar surface area (TPSA) is 377 Å². The van der Waals surface area contributed by atoms with Crippen molar-refractivity contribution in [2.75, 3.05) is 26.4 Å². The predicted molar refractivity (Wildman–Crippen MR) is 262 cm³/mol. The van der Waals surface area contributed by atoms with Crippen LogP contribution in [-0.4, -0.2) is 244 Å². The molecule has 1 unspecified atom stereocenters. The van der Waals surface area contributed by atoms with Crippen LogP contribution in [0, 0.1) is 45.3 Å². The van der Waals surface area contributed by atoms with Crippen molar-refractivity contribution in [3.8, 4) is 0 Å². The molecule has 4 aliphatic heterocycles. The fraction of sp³-hybridized carbons (Fsp3) is 0.962. The molecule has 4 heterocycles. The summed E-state index contributed by atoms with van der Waals surface area (Å²) in [5.74, 6) is -1.26. The van der Waals surface area contributed by atoms with E-state index in [4.69, 9.17) is 37.9 Å². The van der Waals surface area contributed by atoms with Gasteiger partial charge in [-0.05, 0) is 117 Å². The lowest BCUT2D eigenvalue weighted by molar-refractivity contribution is -0.380. The molecule has 4 saturated heterocycles. The molecule has 23 nitrogen and oxygen atoms in total. The predicted octanol–water partition coefficient (Wildman–Crippen LogP) is -2.59. The standard InChI is InChI=1S/C53H90O23/c1-22(2)10-9-13-53(8,76-47-42(68)38(64)36(62)29(73-47)21-69-45-40(66)35(61)28(20-56)70-45)23-11-15-51(6)32(23)24(57)16-30-50(5)14-12-31(49(3,4)44(50)25(58)17-52(30,51)7)74-48-43(39(65)34(60)27(19-55)72-48)75-46-41(67)37(63)33(59)26(18-54)71-46/h10,23-48,54-68H,9,11-21H2,1-8H3/t23-,24+,25-,26+,27+,28-,29+,30+,31-,32-,33+,34+,35-,36+,37-,38-,39-,40+,41+,42+,43+,44?,45+,46-,47-,48-,50+,51+,52+,53-/m0/s1. The van der Waals surface area contributed by atoms with Gasteiger partial charge in [-0.2, -0.15) is 0 Å². The maximum absolute atomic E-state index is 12.8. The zero-order valence-corrected chi connectivity index (χ0v) is 45.0. The Morgan fingerprint density at radius 1 is 0.579 bits per heavy atom. The third-order valence-corrected chi connectivity index (χ3v) is 20.4. The highest BCUT2D eigenvalue weighted by Gasteiger charge is 2.74. The van der Waals surface area contributed by atoms with E-state index in [1.54, 1.807) is 0 Å². The number of aliphatic hydroxyl groups is 15. The second-order valence-corrected chi connectivity index (χ2v) is 25.4. The molecule has 23 heteroatoms. The molecule has 8 rings (SSSR count). The molecule has 4 saturated carbocycles. The Morgan fingerprint density at radius 3 is 1.71 bits per heavy atom. The Bertz CT molecular complexity index is 1980. The van der Waals surface area contributed by atoms with Crippen molar-refractivity contribution >= 4 is 0 Å².